The van der Waals surface area contributed by atoms with Crippen molar-refractivity contribution in [2.75, 3.05) is 0 Å². The summed E-state index contributed by atoms with van der Waals surface area (Å²) in [7, 11) is 0. The van der Waals surface area contributed by atoms with Crippen LogP contribution in [0, 0.1) is 5.82 Å². The van der Waals surface area contributed by atoms with Gasteiger partial charge in [-0.05, 0) is 18.6 Å². The Morgan fingerprint density at radius 1 is 1.47 bits per heavy atom. The maximum absolute atomic E-state index is 12.2. The van der Waals surface area contributed by atoms with Crippen LogP contribution in [0.3, 0.4) is 0 Å². The van der Waals surface area contributed by atoms with E-state index in [4.69, 9.17) is 16.7 Å². The van der Waals surface area contributed by atoms with Crippen LogP contribution in [-0.2, 0) is 4.79 Å². The molecule has 4 heteroatoms. The fraction of sp³-hybridized carbons (Fsp3) is 0.364. The molecule has 0 unspecified atom stereocenters. The zero-order chi connectivity index (χ0) is 11.7. The Morgan fingerprint density at radius 3 is 2.33 bits per heavy atom. The molecule has 1 rings (SSSR count). The van der Waals surface area contributed by atoms with Crippen LogP contribution >= 0.6 is 11.6 Å². The molecule has 0 aliphatic heterocycles. The predicted molar refractivity (Wildman–Crippen MR) is 58.6 cm³/mol. The van der Waals surface area contributed by atoms with Crippen molar-refractivity contribution in [3.8, 4) is 0 Å². The number of rotatable bonds is 3. The summed E-state index contributed by atoms with van der Waals surface area (Å²) in [4.78, 5) is 9.76. The minimum atomic E-state index is -0.693. The Bertz CT molecular complexity index is 281. The van der Waals surface area contributed by atoms with Gasteiger partial charge in [-0.3, -0.25) is 4.79 Å². The summed E-state index contributed by atoms with van der Waals surface area (Å²) < 4.78 is 12.2. The van der Waals surface area contributed by atoms with Gasteiger partial charge in [0.1, 0.15) is 5.82 Å². The maximum atomic E-state index is 12.2. The summed E-state index contributed by atoms with van der Waals surface area (Å²) in [5, 5.41) is 8.22. The first kappa shape index (κ1) is 13.9. The number of hydrogen-bond donors (Lipinski definition) is 1. The Balaban J connectivity index is 0.000000265. The first-order valence-corrected chi connectivity index (χ1v) is 5.07. The van der Waals surface area contributed by atoms with Gasteiger partial charge in [-0.1, -0.05) is 37.1 Å². The van der Waals surface area contributed by atoms with Gasteiger partial charge in [0, 0.05) is 6.42 Å². The summed E-state index contributed by atoms with van der Waals surface area (Å²) in [6.07, 6.45) is 2.08. The van der Waals surface area contributed by atoms with Crippen LogP contribution in [0.1, 0.15) is 26.2 Å². The van der Waals surface area contributed by atoms with Gasteiger partial charge in [0.15, 0.2) is 0 Å². The summed E-state index contributed by atoms with van der Waals surface area (Å²) in [5.41, 5.74) is 0. The van der Waals surface area contributed by atoms with Crippen LogP contribution < -0.4 is 0 Å². The quantitative estimate of drug-likeness (QED) is 0.862. The standard InChI is InChI=1S/C6H4ClF.C5H10O2/c7-5-3-1-2-4-6(5)8;1-2-3-4-5(6)7/h1-4H;2-4H2,1H3,(H,6,7). The first-order valence-electron chi connectivity index (χ1n) is 4.69. The van der Waals surface area contributed by atoms with Crippen LogP contribution in [0.4, 0.5) is 4.39 Å². The topological polar surface area (TPSA) is 37.3 Å². The third-order valence-corrected chi connectivity index (χ3v) is 1.88. The molecule has 0 amide bonds. The highest BCUT2D eigenvalue weighted by atomic mass is 35.5. The van der Waals surface area contributed by atoms with Crippen LogP contribution in [0.25, 0.3) is 0 Å². The molecular weight excluding hydrogens is 219 g/mol. The largest absolute Gasteiger partial charge is 0.481 e. The lowest BCUT2D eigenvalue weighted by atomic mass is 10.3. The van der Waals surface area contributed by atoms with Crippen molar-refractivity contribution in [2.24, 2.45) is 0 Å². The molecule has 15 heavy (non-hydrogen) atoms. The van der Waals surface area contributed by atoms with Crippen LogP contribution in [0.15, 0.2) is 24.3 Å². The van der Waals surface area contributed by atoms with Gasteiger partial charge < -0.3 is 5.11 Å². The zero-order valence-corrected chi connectivity index (χ0v) is 9.30. The zero-order valence-electron chi connectivity index (χ0n) is 8.54. The number of aliphatic carboxylic acids is 1. The van der Waals surface area contributed by atoms with E-state index in [1.165, 1.54) is 12.1 Å². The predicted octanol–water partition coefficient (Wildman–Crippen LogP) is 3.74. The molecule has 0 fully saturated rings. The minimum Gasteiger partial charge on any atom is -0.481 e. The van der Waals surface area contributed by atoms with E-state index in [1.807, 2.05) is 6.92 Å². The van der Waals surface area contributed by atoms with Crippen molar-refractivity contribution < 1.29 is 14.3 Å². The second-order valence-corrected chi connectivity index (χ2v) is 3.32. The monoisotopic (exact) mass is 232 g/mol. The Morgan fingerprint density at radius 2 is 2.07 bits per heavy atom. The molecule has 2 nitrogen and oxygen atoms in total. The molecule has 0 saturated carbocycles. The number of carboxylic acids is 1. The van der Waals surface area contributed by atoms with Crippen molar-refractivity contribution in [2.45, 2.75) is 26.2 Å². The number of benzene rings is 1. The minimum absolute atomic E-state index is 0.174. The molecule has 0 heterocycles. The third kappa shape index (κ3) is 7.94. The van der Waals surface area contributed by atoms with Gasteiger partial charge >= 0.3 is 5.97 Å². The molecule has 1 aromatic carbocycles. The summed E-state index contributed by atoms with van der Waals surface area (Å²) in [6.45, 7) is 1.98. The SMILES string of the molecule is CCCCC(=O)O.Fc1ccccc1Cl. The number of unbranched alkanes of at least 4 members (excludes halogenated alkanes) is 1. The van der Waals surface area contributed by atoms with Gasteiger partial charge in [-0.2, -0.15) is 0 Å². The Hall–Kier alpha value is -1.09. The Labute approximate surface area is 93.7 Å². The first-order chi connectivity index (χ1) is 7.07. The normalized spacial score (nSPS) is 9.00. The smallest absolute Gasteiger partial charge is 0.303 e. The molecule has 0 aliphatic rings. The van der Waals surface area contributed by atoms with E-state index < -0.39 is 5.97 Å². The van der Waals surface area contributed by atoms with E-state index in [0.717, 1.165) is 12.8 Å². The van der Waals surface area contributed by atoms with E-state index in [0.29, 0.717) is 6.42 Å². The van der Waals surface area contributed by atoms with Gasteiger partial charge in [0.2, 0.25) is 0 Å². The molecule has 0 spiro atoms. The maximum Gasteiger partial charge on any atom is 0.303 e. The van der Waals surface area contributed by atoms with Crippen LogP contribution in [0.5, 0.6) is 0 Å². The van der Waals surface area contributed by atoms with Crippen molar-refractivity contribution in [3.05, 3.63) is 35.1 Å². The molecule has 0 atom stereocenters. The van der Waals surface area contributed by atoms with E-state index in [9.17, 15) is 9.18 Å². The molecule has 1 aromatic rings. The molecular formula is C11H14ClFO2. The highest BCUT2D eigenvalue weighted by Crippen LogP contribution is 2.11. The van der Waals surface area contributed by atoms with Crippen LogP contribution in [0.2, 0.25) is 5.02 Å². The fourth-order valence-electron chi connectivity index (χ4n) is 0.767. The van der Waals surface area contributed by atoms with E-state index in [1.54, 1.807) is 12.1 Å². The van der Waals surface area contributed by atoms with E-state index >= 15 is 0 Å². The van der Waals surface area contributed by atoms with Crippen LogP contribution in [-0.4, -0.2) is 11.1 Å². The second kappa shape index (κ2) is 8.24. The molecule has 84 valence electrons. The highest BCUT2D eigenvalue weighted by Gasteiger charge is 1.91. The molecule has 1 N–H and O–H groups in total. The number of hydrogen-bond acceptors (Lipinski definition) is 1. The molecule has 0 saturated heterocycles. The van der Waals surface area contributed by atoms with Gasteiger partial charge in [0.25, 0.3) is 0 Å². The fourth-order valence-corrected chi connectivity index (χ4v) is 0.903. The molecule has 0 bridgehead atoms. The van der Waals surface area contributed by atoms with Gasteiger partial charge in [0.05, 0.1) is 5.02 Å². The average Bonchev–Trinajstić information content (AvgIpc) is 2.20. The van der Waals surface area contributed by atoms with E-state index in [-0.39, 0.29) is 10.8 Å². The lowest BCUT2D eigenvalue weighted by Crippen LogP contribution is -1.91. The summed E-state index contributed by atoms with van der Waals surface area (Å²) in [5.74, 6) is -1.06. The van der Waals surface area contributed by atoms with Crippen molar-refractivity contribution in [1.29, 1.82) is 0 Å². The van der Waals surface area contributed by atoms with Crippen molar-refractivity contribution in [1.82, 2.24) is 0 Å². The van der Waals surface area contributed by atoms with Crippen molar-refractivity contribution >= 4 is 17.6 Å². The molecule has 0 radical (unpaired) electrons. The third-order valence-electron chi connectivity index (χ3n) is 1.57. The molecule has 0 aromatic heterocycles. The average molecular weight is 233 g/mol. The Kier molecular flexibility index (Phi) is 7.64. The molecule has 0 aliphatic carbocycles. The number of carbonyl (C=O) groups is 1. The van der Waals surface area contributed by atoms with E-state index in [2.05, 4.69) is 0 Å². The summed E-state index contributed by atoms with van der Waals surface area (Å²) in [6, 6.07) is 6.12. The lowest BCUT2D eigenvalue weighted by molar-refractivity contribution is -0.137. The van der Waals surface area contributed by atoms with Crippen molar-refractivity contribution in [3.63, 3.8) is 0 Å². The number of carboxylic acid groups (broad SMARTS) is 1. The van der Waals surface area contributed by atoms with Gasteiger partial charge in [-0.15, -0.1) is 0 Å². The summed E-state index contributed by atoms with van der Waals surface area (Å²) >= 11 is 5.33. The van der Waals surface area contributed by atoms with Gasteiger partial charge in [-0.25, -0.2) is 4.39 Å². The lowest BCUT2D eigenvalue weighted by Gasteiger charge is -1.86. The number of halogens is 2. The second-order valence-electron chi connectivity index (χ2n) is 2.91. The highest BCUT2D eigenvalue weighted by molar-refractivity contribution is 6.30.